The Morgan fingerprint density at radius 2 is 1.42 bits per heavy atom. The molecular weight excluding hydrogens is 460 g/mol. The summed E-state index contributed by atoms with van der Waals surface area (Å²) in [6, 6.07) is 17.6. The van der Waals surface area contributed by atoms with Gasteiger partial charge in [0.2, 0.25) is 0 Å². The van der Waals surface area contributed by atoms with E-state index in [1.165, 1.54) is 0 Å². The lowest BCUT2D eigenvalue weighted by atomic mass is 9.96. The molecule has 0 saturated carbocycles. The minimum Gasteiger partial charge on any atom is -0.448 e. The Balaban J connectivity index is 1.40. The summed E-state index contributed by atoms with van der Waals surface area (Å²) in [5.41, 5.74) is 5.98. The highest BCUT2D eigenvalue weighted by Gasteiger charge is 2.30. The van der Waals surface area contributed by atoms with Crippen molar-refractivity contribution < 1.29 is 28.7 Å². The summed E-state index contributed by atoms with van der Waals surface area (Å²) >= 11 is 0. The molecule has 2 amide bonds. The molecule has 8 nitrogen and oxygen atoms in total. The van der Waals surface area contributed by atoms with Gasteiger partial charge in [0.1, 0.15) is 25.8 Å². The average Bonchev–Trinajstić information content (AvgIpc) is 3.18. The molecule has 0 heterocycles. The zero-order valence-electron chi connectivity index (χ0n) is 19.9. The molecule has 0 bridgehead atoms. The van der Waals surface area contributed by atoms with Crippen LogP contribution < -0.4 is 10.6 Å². The second-order valence-corrected chi connectivity index (χ2v) is 8.78. The van der Waals surface area contributed by atoms with E-state index < -0.39 is 12.2 Å². The van der Waals surface area contributed by atoms with Crippen LogP contribution in [-0.2, 0) is 16.1 Å². The first-order valence-corrected chi connectivity index (χ1v) is 11.5. The minimum absolute atomic E-state index is 0.0135. The molecule has 0 spiro atoms. The number of ether oxygens (including phenoxy) is 2. The molecule has 0 atom stereocenters. The second kappa shape index (κ2) is 10.9. The van der Waals surface area contributed by atoms with Crippen molar-refractivity contribution in [1.29, 1.82) is 0 Å². The summed E-state index contributed by atoms with van der Waals surface area (Å²) in [6.07, 6.45) is 0.418. The van der Waals surface area contributed by atoms with Crippen LogP contribution in [0.25, 0.3) is 11.1 Å². The summed E-state index contributed by atoms with van der Waals surface area (Å²) in [4.78, 5) is 46.8. The zero-order chi connectivity index (χ0) is 25.7. The fourth-order valence-corrected chi connectivity index (χ4v) is 4.15. The quantitative estimate of drug-likeness (QED) is 0.418. The predicted octanol–water partition coefficient (Wildman–Crippen LogP) is 5.31. The number of alkyl carbamates (subject to hydrolysis) is 1. The lowest BCUT2D eigenvalue weighted by molar-refractivity contribution is 0.111. The van der Waals surface area contributed by atoms with Crippen LogP contribution in [0.2, 0.25) is 0 Å². The summed E-state index contributed by atoms with van der Waals surface area (Å²) < 4.78 is 10.7. The van der Waals surface area contributed by atoms with Gasteiger partial charge in [-0.2, -0.15) is 0 Å². The van der Waals surface area contributed by atoms with Crippen LogP contribution in [0.4, 0.5) is 15.3 Å². The van der Waals surface area contributed by atoms with Gasteiger partial charge in [-0.25, -0.2) is 9.59 Å². The number of nitrogens with one attached hydrogen (secondary N) is 2. The lowest BCUT2D eigenvalue weighted by Gasteiger charge is -2.15. The SMILES string of the molecule is CC(C)NC(=O)OCc1ccc(NC(=O)OCC2c3cc(C=O)ccc3-c3ccc(C=O)cc32)cc1. The third-order valence-corrected chi connectivity index (χ3v) is 5.82. The smallest absolute Gasteiger partial charge is 0.411 e. The molecule has 36 heavy (non-hydrogen) atoms. The van der Waals surface area contributed by atoms with Gasteiger partial charge in [0.05, 0.1) is 0 Å². The normalized spacial score (nSPS) is 11.9. The molecule has 0 radical (unpaired) electrons. The van der Waals surface area contributed by atoms with Gasteiger partial charge in [0.15, 0.2) is 0 Å². The van der Waals surface area contributed by atoms with Crippen molar-refractivity contribution in [3.05, 3.63) is 88.5 Å². The monoisotopic (exact) mass is 486 g/mol. The lowest BCUT2D eigenvalue weighted by Crippen LogP contribution is -2.30. The zero-order valence-corrected chi connectivity index (χ0v) is 19.9. The Hall–Kier alpha value is -4.46. The highest BCUT2D eigenvalue weighted by atomic mass is 16.6. The number of carbonyl (C=O) groups is 4. The molecule has 184 valence electrons. The highest BCUT2D eigenvalue weighted by Crippen LogP contribution is 2.45. The van der Waals surface area contributed by atoms with E-state index in [0.717, 1.165) is 40.4 Å². The molecule has 1 aliphatic carbocycles. The summed E-state index contributed by atoms with van der Waals surface area (Å²) in [7, 11) is 0. The van der Waals surface area contributed by atoms with Crippen LogP contribution in [0.5, 0.6) is 0 Å². The van der Waals surface area contributed by atoms with Gasteiger partial charge < -0.3 is 14.8 Å². The molecule has 0 fully saturated rings. The maximum Gasteiger partial charge on any atom is 0.411 e. The van der Waals surface area contributed by atoms with Crippen molar-refractivity contribution in [2.45, 2.75) is 32.4 Å². The molecule has 0 saturated heterocycles. The van der Waals surface area contributed by atoms with Gasteiger partial charge in [-0.1, -0.05) is 36.4 Å². The molecule has 3 aromatic carbocycles. The van der Waals surface area contributed by atoms with Crippen LogP contribution in [0.15, 0.2) is 60.7 Å². The predicted molar refractivity (Wildman–Crippen MR) is 134 cm³/mol. The number of rotatable bonds is 8. The Bertz CT molecular complexity index is 1240. The Kier molecular flexibility index (Phi) is 7.44. The van der Waals surface area contributed by atoms with Crippen molar-refractivity contribution >= 4 is 30.4 Å². The van der Waals surface area contributed by atoms with Crippen LogP contribution in [-0.4, -0.2) is 37.4 Å². The summed E-state index contributed by atoms with van der Waals surface area (Å²) in [5, 5.41) is 5.33. The van der Waals surface area contributed by atoms with Gasteiger partial charge in [-0.05, 0) is 65.9 Å². The average molecular weight is 487 g/mol. The number of hydrogen-bond donors (Lipinski definition) is 2. The first-order chi connectivity index (χ1) is 17.4. The molecule has 8 heteroatoms. The summed E-state index contributed by atoms with van der Waals surface area (Å²) in [5.74, 6) is -0.308. The highest BCUT2D eigenvalue weighted by molar-refractivity contribution is 5.87. The van der Waals surface area contributed by atoms with Gasteiger partial charge in [0, 0.05) is 28.8 Å². The van der Waals surface area contributed by atoms with Crippen molar-refractivity contribution in [3.63, 3.8) is 0 Å². The summed E-state index contributed by atoms with van der Waals surface area (Å²) in [6.45, 7) is 3.83. The fraction of sp³-hybridized carbons (Fsp3) is 0.214. The van der Waals surface area contributed by atoms with Crippen molar-refractivity contribution in [2.24, 2.45) is 0 Å². The molecule has 1 aliphatic rings. The first-order valence-electron chi connectivity index (χ1n) is 11.5. The molecule has 4 rings (SSSR count). The number of fused-ring (bicyclic) bond motifs is 3. The Morgan fingerprint density at radius 1 is 0.833 bits per heavy atom. The topological polar surface area (TPSA) is 111 Å². The minimum atomic E-state index is -0.636. The van der Waals surface area contributed by atoms with E-state index in [-0.39, 0.29) is 25.2 Å². The number of amides is 2. The molecule has 0 aliphatic heterocycles. The van der Waals surface area contributed by atoms with Crippen LogP contribution in [0.1, 0.15) is 57.2 Å². The molecular formula is C28H26N2O6. The molecule has 0 unspecified atom stereocenters. The third-order valence-electron chi connectivity index (χ3n) is 5.82. The van der Waals surface area contributed by atoms with E-state index in [1.807, 2.05) is 26.0 Å². The van der Waals surface area contributed by atoms with E-state index in [1.54, 1.807) is 48.5 Å². The van der Waals surface area contributed by atoms with Gasteiger partial charge in [0.25, 0.3) is 0 Å². The van der Waals surface area contributed by atoms with Crippen LogP contribution in [0, 0.1) is 0 Å². The van der Waals surface area contributed by atoms with Gasteiger partial charge in [-0.15, -0.1) is 0 Å². The maximum atomic E-state index is 12.5. The Morgan fingerprint density at radius 3 is 1.94 bits per heavy atom. The molecule has 2 N–H and O–H groups in total. The second-order valence-electron chi connectivity index (χ2n) is 8.78. The van der Waals surface area contributed by atoms with Crippen molar-refractivity contribution in [1.82, 2.24) is 5.32 Å². The van der Waals surface area contributed by atoms with E-state index in [9.17, 15) is 19.2 Å². The molecule has 3 aromatic rings. The first kappa shape index (κ1) is 24.7. The number of benzene rings is 3. The number of hydrogen-bond acceptors (Lipinski definition) is 6. The van der Waals surface area contributed by atoms with Crippen molar-refractivity contribution in [3.8, 4) is 11.1 Å². The largest absolute Gasteiger partial charge is 0.448 e. The standard InChI is InChI=1S/C28H26N2O6/c1-17(2)29-27(33)35-15-18-3-7-21(8-4-18)30-28(34)36-16-26-24-11-19(13-31)5-9-22(24)23-10-6-20(14-32)12-25(23)26/h3-14,17,26H,15-16H2,1-2H3,(H,29,33)(H,30,34). The van der Waals surface area contributed by atoms with E-state index >= 15 is 0 Å². The van der Waals surface area contributed by atoms with Gasteiger partial charge in [-0.3, -0.25) is 14.9 Å². The molecule has 0 aromatic heterocycles. The number of carbonyl (C=O) groups excluding carboxylic acids is 4. The van der Waals surface area contributed by atoms with Crippen LogP contribution >= 0.6 is 0 Å². The Labute approximate surface area is 208 Å². The fourth-order valence-electron chi connectivity index (χ4n) is 4.15. The van der Waals surface area contributed by atoms with Gasteiger partial charge >= 0.3 is 12.2 Å². The van der Waals surface area contributed by atoms with E-state index in [0.29, 0.717) is 16.8 Å². The number of anilines is 1. The van der Waals surface area contributed by atoms with E-state index in [2.05, 4.69) is 10.6 Å². The number of aldehydes is 2. The maximum absolute atomic E-state index is 12.5. The third kappa shape index (κ3) is 5.60. The van der Waals surface area contributed by atoms with Crippen molar-refractivity contribution in [2.75, 3.05) is 11.9 Å². The van der Waals surface area contributed by atoms with E-state index in [4.69, 9.17) is 9.47 Å². The van der Waals surface area contributed by atoms with Crippen LogP contribution in [0.3, 0.4) is 0 Å².